The summed E-state index contributed by atoms with van der Waals surface area (Å²) in [7, 11) is 0. The maximum atomic E-state index is 13.3. The fourth-order valence-electron chi connectivity index (χ4n) is 1.55. The highest BCUT2D eigenvalue weighted by molar-refractivity contribution is 7.07. The van der Waals surface area contributed by atoms with Gasteiger partial charge < -0.3 is 5.32 Å². The molecule has 0 unspecified atom stereocenters. The van der Waals surface area contributed by atoms with Gasteiger partial charge in [0.1, 0.15) is 5.82 Å². The minimum Gasteiger partial charge on any atom is -0.312 e. The first kappa shape index (κ1) is 11.3. The SMILES string of the molecule is Fc1ccccc1CCNCc1ccsc1. The largest absolute Gasteiger partial charge is 0.312 e. The van der Waals surface area contributed by atoms with Crippen LogP contribution < -0.4 is 5.32 Å². The van der Waals surface area contributed by atoms with Crippen molar-refractivity contribution in [2.75, 3.05) is 6.54 Å². The molecule has 3 heteroatoms. The van der Waals surface area contributed by atoms with Crippen molar-refractivity contribution in [2.45, 2.75) is 13.0 Å². The molecular weight excluding hydrogens is 221 g/mol. The van der Waals surface area contributed by atoms with E-state index in [4.69, 9.17) is 0 Å². The Morgan fingerprint density at radius 2 is 2.06 bits per heavy atom. The van der Waals surface area contributed by atoms with Crippen LogP contribution >= 0.6 is 11.3 Å². The second kappa shape index (κ2) is 5.77. The molecule has 0 aliphatic rings. The molecule has 1 N–H and O–H groups in total. The lowest BCUT2D eigenvalue weighted by Gasteiger charge is -2.04. The fourth-order valence-corrected chi connectivity index (χ4v) is 2.22. The van der Waals surface area contributed by atoms with Crippen molar-refractivity contribution < 1.29 is 4.39 Å². The van der Waals surface area contributed by atoms with Gasteiger partial charge in [0.25, 0.3) is 0 Å². The summed E-state index contributed by atoms with van der Waals surface area (Å²) in [5.41, 5.74) is 2.07. The molecule has 1 nitrogen and oxygen atoms in total. The normalized spacial score (nSPS) is 10.6. The zero-order valence-corrected chi connectivity index (χ0v) is 9.77. The summed E-state index contributed by atoms with van der Waals surface area (Å²) in [5, 5.41) is 7.49. The molecule has 84 valence electrons. The highest BCUT2D eigenvalue weighted by Gasteiger charge is 1.99. The van der Waals surface area contributed by atoms with Gasteiger partial charge in [-0.1, -0.05) is 18.2 Å². The minimum absolute atomic E-state index is 0.111. The smallest absolute Gasteiger partial charge is 0.126 e. The number of halogens is 1. The lowest BCUT2D eigenvalue weighted by Crippen LogP contribution is -2.16. The van der Waals surface area contributed by atoms with Crippen LogP contribution in [0.25, 0.3) is 0 Å². The van der Waals surface area contributed by atoms with Gasteiger partial charge >= 0.3 is 0 Å². The van der Waals surface area contributed by atoms with Crippen molar-refractivity contribution in [1.82, 2.24) is 5.32 Å². The predicted molar refractivity (Wildman–Crippen MR) is 66.1 cm³/mol. The standard InChI is InChI=1S/C13H14FNS/c14-13-4-2-1-3-12(13)5-7-15-9-11-6-8-16-10-11/h1-4,6,8,10,15H,5,7,9H2. The van der Waals surface area contributed by atoms with Crippen molar-refractivity contribution in [3.63, 3.8) is 0 Å². The lowest BCUT2D eigenvalue weighted by atomic mass is 10.1. The van der Waals surface area contributed by atoms with Crippen LogP contribution in [-0.4, -0.2) is 6.54 Å². The highest BCUT2D eigenvalue weighted by Crippen LogP contribution is 2.07. The third-order valence-electron chi connectivity index (χ3n) is 2.44. The number of rotatable bonds is 5. The van der Waals surface area contributed by atoms with E-state index in [-0.39, 0.29) is 5.82 Å². The Hall–Kier alpha value is -1.19. The Morgan fingerprint density at radius 3 is 2.81 bits per heavy atom. The zero-order chi connectivity index (χ0) is 11.2. The third-order valence-corrected chi connectivity index (χ3v) is 3.17. The second-order valence-corrected chi connectivity index (χ2v) is 4.43. The van der Waals surface area contributed by atoms with E-state index in [0.717, 1.165) is 25.1 Å². The molecule has 2 aromatic rings. The molecule has 0 bridgehead atoms. The monoisotopic (exact) mass is 235 g/mol. The molecule has 1 aromatic carbocycles. The van der Waals surface area contributed by atoms with Crippen LogP contribution in [0.5, 0.6) is 0 Å². The summed E-state index contributed by atoms with van der Waals surface area (Å²) in [4.78, 5) is 0. The van der Waals surface area contributed by atoms with E-state index >= 15 is 0 Å². The van der Waals surface area contributed by atoms with Gasteiger partial charge in [-0.25, -0.2) is 4.39 Å². The Kier molecular flexibility index (Phi) is 4.08. The van der Waals surface area contributed by atoms with Gasteiger partial charge in [0.15, 0.2) is 0 Å². The topological polar surface area (TPSA) is 12.0 Å². The van der Waals surface area contributed by atoms with Gasteiger partial charge in [-0.2, -0.15) is 11.3 Å². The van der Waals surface area contributed by atoms with Gasteiger partial charge in [0, 0.05) is 6.54 Å². The molecule has 0 amide bonds. The zero-order valence-electron chi connectivity index (χ0n) is 8.95. The minimum atomic E-state index is -0.111. The summed E-state index contributed by atoms with van der Waals surface area (Å²) in [6, 6.07) is 9.03. The molecule has 0 saturated carbocycles. The highest BCUT2D eigenvalue weighted by atomic mass is 32.1. The first-order valence-corrected chi connectivity index (χ1v) is 6.26. The van der Waals surface area contributed by atoms with Crippen molar-refractivity contribution in [3.8, 4) is 0 Å². The maximum Gasteiger partial charge on any atom is 0.126 e. The van der Waals surface area contributed by atoms with Gasteiger partial charge in [-0.15, -0.1) is 0 Å². The molecular formula is C13H14FNS. The van der Waals surface area contributed by atoms with Crippen LogP contribution in [0.3, 0.4) is 0 Å². The van der Waals surface area contributed by atoms with E-state index < -0.39 is 0 Å². The van der Waals surface area contributed by atoms with Crippen molar-refractivity contribution >= 4 is 11.3 Å². The Labute approximate surface area is 98.9 Å². The molecule has 1 aromatic heterocycles. The van der Waals surface area contributed by atoms with E-state index in [1.165, 1.54) is 11.6 Å². The van der Waals surface area contributed by atoms with Crippen LogP contribution in [0.15, 0.2) is 41.1 Å². The number of thiophene rings is 1. The number of nitrogens with one attached hydrogen (secondary N) is 1. The van der Waals surface area contributed by atoms with E-state index in [1.54, 1.807) is 17.4 Å². The van der Waals surface area contributed by atoms with Gasteiger partial charge in [-0.3, -0.25) is 0 Å². The third kappa shape index (κ3) is 3.15. The summed E-state index contributed by atoms with van der Waals surface area (Å²) >= 11 is 1.70. The van der Waals surface area contributed by atoms with Crippen LogP contribution in [0.1, 0.15) is 11.1 Å². The van der Waals surface area contributed by atoms with E-state index in [2.05, 4.69) is 22.1 Å². The van der Waals surface area contributed by atoms with E-state index in [0.29, 0.717) is 0 Å². The first-order chi connectivity index (χ1) is 7.86. The molecule has 0 atom stereocenters. The first-order valence-electron chi connectivity index (χ1n) is 5.31. The Bertz CT molecular complexity index is 425. The molecule has 0 fully saturated rings. The number of benzene rings is 1. The molecule has 1 heterocycles. The molecule has 0 spiro atoms. The summed E-state index contributed by atoms with van der Waals surface area (Å²) in [5.74, 6) is -0.111. The number of hydrogen-bond acceptors (Lipinski definition) is 2. The molecule has 0 aliphatic carbocycles. The maximum absolute atomic E-state index is 13.3. The Balaban J connectivity index is 1.74. The van der Waals surface area contributed by atoms with Gasteiger partial charge in [-0.05, 0) is 47.0 Å². The quantitative estimate of drug-likeness (QED) is 0.785. The average Bonchev–Trinajstić information content (AvgIpc) is 2.79. The summed E-state index contributed by atoms with van der Waals surface area (Å²) < 4.78 is 13.3. The van der Waals surface area contributed by atoms with Crippen molar-refractivity contribution in [2.24, 2.45) is 0 Å². The van der Waals surface area contributed by atoms with Crippen LogP contribution in [0, 0.1) is 5.82 Å². The fraction of sp³-hybridized carbons (Fsp3) is 0.231. The molecule has 0 aliphatic heterocycles. The van der Waals surface area contributed by atoms with Crippen LogP contribution in [-0.2, 0) is 13.0 Å². The summed E-state index contributed by atoms with van der Waals surface area (Å²) in [6.07, 6.45) is 0.733. The molecule has 0 radical (unpaired) electrons. The van der Waals surface area contributed by atoms with Gasteiger partial charge in [0.05, 0.1) is 0 Å². The van der Waals surface area contributed by atoms with Crippen LogP contribution in [0.4, 0.5) is 4.39 Å². The lowest BCUT2D eigenvalue weighted by molar-refractivity contribution is 0.598. The Morgan fingerprint density at radius 1 is 1.19 bits per heavy atom. The molecule has 0 saturated heterocycles. The van der Waals surface area contributed by atoms with Gasteiger partial charge in [0.2, 0.25) is 0 Å². The molecule has 2 rings (SSSR count). The predicted octanol–water partition coefficient (Wildman–Crippen LogP) is 3.22. The van der Waals surface area contributed by atoms with E-state index in [9.17, 15) is 4.39 Å². The average molecular weight is 235 g/mol. The number of hydrogen-bond donors (Lipinski definition) is 1. The van der Waals surface area contributed by atoms with Crippen molar-refractivity contribution in [1.29, 1.82) is 0 Å². The van der Waals surface area contributed by atoms with E-state index in [1.807, 2.05) is 12.1 Å². The van der Waals surface area contributed by atoms with Crippen molar-refractivity contribution in [3.05, 3.63) is 58.0 Å². The van der Waals surface area contributed by atoms with Crippen LogP contribution in [0.2, 0.25) is 0 Å². The molecule has 16 heavy (non-hydrogen) atoms. The summed E-state index contributed by atoms with van der Waals surface area (Å²) in [6.45, 7) is 1.66. The second-order valence-electron chi connectivity index (χ2n) is 3.65.